The van der Waals surface area contributed by atoms with Crippen LogP contribution in [-0.2, 0) is 0 Å². The highest BCUT2D eigenvalue weighted by atomic mass is 35.5. The quantitative estimate of drug-likeness (QED) is 0.580. The molecule has 0 bridgehead atoms. The Hall–Kier alpha value is -0.200. The lowest BCUT2D eigenvalue weighted by atomic mass is 10.4. The highest BCUT2D eigenvalue weighted by molar-refractivity contribution is 8.45. The zero-order valence-corrected chi connectivity index (χ0v) is 8.61. The first kappa shape index (κ1) is 11.9. The Labute approximate surface area is 86.3 Å². The molecule has 0 atom stereocenters. The number of rotatable bonds is 1. The first-order valence-corrected chi connectivity index (χ1v) is 5.79. The van der Waals surface area contributed by atoms with Crippen LogP contribution in [0.25, 0.3) is 0 Å². The molecule has 0 spiro atoms. The molecule has 0 nitrogen and oxygen atoms in total. The molecule has 0 unspecified atom stereocenters. The summed E-state index contributed by atoms with van der Waals surface area (Å²) in [4.78, 5) is -2.08. The van der Waals surface area contributed by atoms with Gasteiger partial charge in [0.1, 0.15) is 4.90 Å². The molecule has 0 fully saturated rings. The Bertz CT molecular complexity index is 364. The second kappa shape index (κ2) is 2.48. The maximum Gasteiger partial charge on any atom is 0.310 e. The Balaban J connectivity index is 3.50. The van der Waals surface area contributed by atoms with Crippen molar-refractivity contribution in [1.29, 1.82) is 0 Å². The standard InChI is InChI=1S/C6H3Cl2F5S/c7-4-1-5(8)3-6(2-4)14(9,10,11,12)13/h1-3H. The van der Waals surface area contributed by atoms with Gasteiger partial charge in [0.05, 0.1) is 0 Å². The summed E-state index contributed by atoms with van der Waals surface area (Å²) in [6.07, 6.45) is 0. The summed E-state index contributed by atoms with van der Waals surface area (Å²) < 4.78 is 61.0. The van der Waals surface area contributed by atoms with Crippen LogP contribution in [0.15, 0.2) is 23.1 Å². The van der Waals surface area contributed by atoms with E-state index in [4.69, 9.17) is 23.2 Å². The number of benzene rings is 1. The third kappa shape index (κ3) is 2.90. The third-order valence-electron chi connectivity index (χ3n) is 1.28. The summed E-state index contributed by atoms with van der Waals surface area (Å²) in [5.41, 5.74) is 0. The van der Waals surface area contributed by atoms with Gasteiger partial charge < -0.3 is 0 Å². The molecular formula is C6H3Cl2F5S. The Morgan fingerprint density at radius 2 is 1.14 bits per heavy atom. The van der Waals surface area contributed by atoms with E-state index in [-0.39, 0.29) is 12.1 Å². The van der Waals surface area contributed by atoms with Crippen LogP contribution in [-0.4, -0.2) is 0 Å². The van der Waals surface area contributed by atoms with Gasteiger partial charge in [0.15, 0.2) is 0 Å². The molecule has 1 rings (SSSR count). The van der Waals surface area contributed by atoms with Crippen molar-refractivity contribution in [3.05, 3.63) is 28.2 Å². The van der Waals surface area contributed by atoms with Gasteiger partial charge in [-0.25, -0.2) is 0 Å². The summed E-state index contributed by atoms with van der Waals surface area (Å²) in [6.45, 7) is 0. The van der Waals surface area contributed by atoms with Gasteiger partial charge in [0.25, 0.3) is 0 Å². The van der Waals surface area contributed by atoms with Crippen LogP contribution in [0.4, 0.5) is 19.4 Å². The average Bonchev–Trinajstić information content (AvgIpc) is 1.78. The van der Waals surface area contributed by atoms with Crippen LogP contribution in [0.5, 0.6) is 0 Å². The van der Waals surface area contributed by atoms with Gasteiger partial charge in [-0.15, -0.1) is 0 Å². The summed E-state index contributed by atoms with van der Waals surface area (Å²) >= 11 is 10.4. The molecular weight excluding hydrogens is 270 g/mol. The average molecular weight is 273 g/mol. The van der Waals surface area contributed by atoms with Crippen molar-refractivity contribution < 1.29 is 19.4 Å². The molecule has 0 radical (unpaired) electrons. The zero-order valence-electron chi connectivity index (χ0n) is 6.29. The second-order valence-corrected chi connectivity index (χ2v) is 5.86. The predicted molar refractivity (Wildman–Crippen MR) is 47.9 cm³/mol. The van der Waals surface area contributed by atoms with Crippen LogP contribution in [0.1, 0.15) is 0 Å². The highest BCUT2D eigenvalue weighted by Crippen LogP contribution is 3.02. The van der Waals surface area contributed by atoms with Crippen LogP contribution in [0.2, 0.25) is 10.0 Å². The minimum atomic E-state index is -9.67. The second-order valence-electron chi connectivity index (χ2n) is 2.57. The molecule has 0 aliphatic carbocycles. The van der Waals surface area contributed by atoms with E-state index in [1.54, 1.807) is 0 Å². The van der Waals surface area contributed by atoms with Gasteiger partial charge >= 0.3 is 10.2 Å². The van der Waals surface area contributed by atoms with Crippen molar-refractivity contribution in [2.45, 2.75) is 4.90 Å². The topological polar surface area (TPSA) is 0 Å². The molecule has 0 saturated carbocycles. The molecule has 0 saturated heterocycles. The van der Waals surface area contributed by atoms with Crippen molar-refractivity contribution in [3.8, 4) is 0 Å². The lowest BCUT2D eigenvalue weighted by Crippen LogP contribution is -2.05. The SMILES string of the molecule is FS(F)(F)(F)(F)c1cc(Cl)cc(Cl)c1. The van der Waals surface area contributed by atoms with E-state index in [9.17, 15) is 19.4 Å². The molecule has 14 heavy (non-hydrogen) atoms. The smallest absolute Gasteiger partial charge is 0.0936 e. The van der Waals surface area contributed by atoms with E-state index in [2.05, 4.69) is 0 Å². The van der Waals surface area contributed by atoms with Gasteiger partial charge in [0.2, 0.25) is 0 Å². The first-order valence-electron chi connectivity index (χ1n) is 3.09. The predicted octanol–water partition coefficient (Wildman–Crippen LogP) is 5.65. The van der Waals surface area contributed by atoms with Crippen molar-refractivity contribution in [2.75, 3.05) is 0 Å². The molecule has 1 aromatic carbocycles. The molecule has 8 heteroatoms. The lowest BCUT2D eigenvalue weighted by molar-refractivity contribution is 0.364. The van der Waals surface area contributed by atoms with Crippen LogP contribution >= 0.6 is 33.4 Å². The van der Waals surface area contributed by atoms with Crippen molar-refractivity contribution in [3.63, 3.8) is 0 Å². The molecule has 0 amide bonds. The molecule has 0 aliphatic rings. The minimum Gasteiger partial charge on any atom is -0.0936 e. The van der Waals surface area contributed by atoms with Gasteiger partial charge in [0, 0.05) is 10.0 Å². The van der Waals surface area contributed by atoms with Crippen molar-refractivity contribution in [2.24, 2.45) is 0 Å². The van der Waals surface area contributed by atoms with E-state index >= 15 is 0 Å². The monoisotopic (exact) mass is 272 g/mol. The molecule has 0 heterocycles. The van der Waals surface area contributed by atoms with Gasteiger partial charge in [-0.2, -0.15) is 0 Å². The fourth-order valence-electron chi connectivity index (χ4n) is 0.751. The van der Waals surface area contributed by atoms with E-state index in [0.717, 1.165) is 6.07 Å². The van der Waals surface area contributed by atoms with E-state index < -0.39 is 25.2 Å². The third-order valence-corrected chi connectivity index (χ3v) is 2.84. The van der Waals surface area contributed by atoms with E-state index in [1.807, 2.05) is 0 Å². The van der Waals surface area contributed by atoms with Crippen molar-refractivity contribution >= 4 is 33.4 Å². The summed E-state index contributed by atoms with van der Waals surface area (Å²) in [5, 5.41) is -0.971. The van der Waals surface area contributed by atoms with E-state index in [1.165, 1.54) is 0 Å². The van der Waals surface area contributed by atoms with Gasteiger partial charge in [-0.1, -0.05) is 42.6 Å². The normalized spacial score (nSPS) is 17.4. The Morgan fingerprint density at radius 1 is 0.786 bits per heavy atom. The van der Waals surface area contributed by atoms with E-state index in [0.29, 0.717) is 0 Å². The summed E-state index contributed by atoms with van der Waals surface area (Å²) in [6, 6.07) is 1.24. The van der Waals surface area contributed by atoms with Crippen LogP contribution in [0.3, 0.4) is 0 Å². The van der Waals surface area contributed by atoms with Gasteiger partial charge in [-0.3, -0.25) is 0 Å². The summed E-state index contributed by atoms with van der Waals surface area (Å²) in [7, 11) is -9.67. The Morgan fingerprint density at radius 3 is 1.43 bits per heavy atom. The Kier molecular flexibility index (Phi) is 2.10. The molecule has 0 aliphatic heterocycles. The first-order chi connectivity index (χ1) is 5.88. The lowest BCUT2D eigenvalue weighted by Gasteiger charge is -2.40. The van der Waals surface area contributed by atoms with Crippen LogP contribution in [0, 0.1) is 0 Å². The zero-order chi connectivity index (χ0) is 11.3. The molecule has 0 N–H and O–H groups in total. The molecule has 0 aromatic heterocycles. The number of hydrogen-bond acceptors (Lipinski definition) is 0. The summed E-state index contributed by atoms with van der Waals surface area (Å²) in [5.74, 6) is 0. The minimum absolute atomic E-state index is 0.148. The van der Waals surface area contributed by atoms with Crippen LogP contribution < -0.4 is 0 Å². The maximum absolute atomic E-state index is 12.2. The molecule has 82 valence electrons. The fourth-order valence-corrected chi connectivity index (χ4v) is 2.11. The highest BCUT2D eigenvalue weighted by Gasteiger charge is 2.65. The number of halogens is 7. The van der Waals surface area contributed by atoms with Gasteiger partial charge in [-0.05, 0) is 18.2 Å². The fraction of sp³-hybridized carbons (Fsp3) is 0. The molecule has 1 aromatic rings. The maximum atomic E-state index is 12.2. The van der Waals surface area contributed by atoms with Crippen molar-refractivity contribution in [1.82, 2.24) is 0 Å². The number of hydrogen-bond donors (Lipinski definition) is 0. The largest absolute Gasteiger partial charge is 0.310 e.